The molecule has 1 aromatic heterocycles. The van der Waals surface area contributed by atoms with Crippen LogP contribution in [-0.4, -0.2) is 18.3 Å². The zero-order valence-electron chi connectivity index (χ0n) is 14.6. The number of nitrogens with one attached hydrogen (secondary N) is 1. The van der Waals surface area contributed by atoms with E-state index in [1.54, 1.807) is 18.7 Å². The molecule has 0 saturated heterocycles. The third-order valence-electron chi connectivity index (χ3n) is 3.58. The minimum absolute atomic E-state index is 0.444. The maximum absolute atomic E-state index is 6.03. The zero-order chi connectivity index (χ0) is 18.4. The fraction of sp³-hybridized carbons (Fsp3) is 0.158. The minimum Gasteiger partial charge on any atom is -0.493 e. The number of para-hydroxylation sites is 1. The number of aromatic nitrogens is 1. The number of hydrogen-bond acceptors (Lipinski definition) is 7. The molecule has 26 heavy (non-hydrogen) atoms. The first kappa shape index (κ1) is 17.8. The number of nitrogens with zero attached hydrogens (tertiary/aromatic N) is 2. The van der Waals surface area contributed by atoms with Crippen molar-refractivity contribution in [3.63, 3.8) is 0 Å². The Bertz CT molecular complexity index is 908. The molecule has 0 aliphatic rings. The third-order valence-corrected chi connectivity index (χ3v) is 4.35. The highest BCUT2D eigenvalue weighted by molar-refractivity contribution is 7.14. The summed E-state index contributed by atoms with van der Waals surface area (Å²) in [6.45, 7) is 2.50. The maximum atomic E-state index is 6.03. The highest BCUT2D eigenvalue weighted by Crippen LogP contribution is 2.31. The number of nitrogens with two attached hydrogens (primary N) is 1. The van der Waals surface area contributed by atoms with Crippen LogP contribution in [0, 0.1) is 6.92 Å². The van der Waals surface area contributed by atoms with Gasteiger partial charge in [-0.15, -0.1) is 11.3 Å². The summed E-state index contributed by atoms with van der Waals surface area (Å²) in [5.74, 6) is 1.76. The predicted octanol–water partition coefficient (Wildman–Crippen LogP) is 4.07. The van der Waals surface area contributed by atoms with Crippen molar-refractivity contribution in [1.82, 2.24) is 4.98 Å². The van der Waals surface area contributed by atoms with Crippen LogP contribution in [0.25, 0.3) is 0 Å². The molecule has 0 radical (unpaired) electrons. The van der Waals surface area contributed by atoms with E-state index in [9.17, 15) is 0 Å². The molecule has 0 spiro atoms. The van der Waals surface area contributed by atoms with Gasteiger partial charge in [0.05, 0.1) is 13.3 Å². The largest absolute Gasteiger partial charge is 0.493 e. The number of anilines is 2. The molecule has 2 aromatic carbocycles. The van der Waals surface area contributed by atoms with Crippen LogP contribution >= 0.6 is 11.3 Å². The van der Waals surface area contributed by atoms with Gasteiger partial charge in [-0.25, -0.2) is 4.98 Å². The van der Waals surface area contributed by atoms with Gasteiger partial charge >= 0.3 is 0 Å². The van der Waals surface area contributed by atoms with E-state index in [0.29, 0.717) is 29.1 Å². The van der Waals surface area contributed by atoms with E-state index < -0.39 is 0 Å². The summed E-state index contributed by atoms with van der Waals surface area (Å²) in [6, 6.07) is 13.9. The van der Waals surface area contributed by atoms with Crippen LogP contribution in [0.1, 0.15) is 16.7 Å². The van der Waals surface area contributed by atoms with Crippen molar-refractivity contribution in [3.05, 3.63) is 64.5 Å². The standard InChI is InChI=1S/C19H20N4O2S/c1-13-5-3-6-14(9-13)11-25-18-15(7-4-8-16(18)24-2)10-21-23-19-22-17(20)12-26-19/h3-10,12H,11,20H2,1-2H3,(H,22,23). The normalized spacial score (nSPS) is 10.8. The average molecular weight is 368 g/mol. The Morgan fingerprint density at radius 3 is 2.85 bits per heavy atom. The molecular formula is C19H20N4O2S. The fourth-order valence-electron chi connectivity index (χ4n) is 2.40. The van der Waals surface area contributed by atoms with Gasteiger partial charge in [0.2, 0.25) is 5.13 Å². The quantitative estimate of drug-likeness (QED) is 0.485. The van der Waals surface area contributed by atoms with Gasteiger partial charge in [-0.05, 0) is 24.6 Å². The Balaban J connectivity index is 1.76. The Morgan fingerprint density at radius 2 is 2.12 bits per heavy atom. The Morgan fingerprint density at radius 1 is 1.27 bits per heavy atom. The van der Waals surface area contributed by atoms with Crippen LogP contribution < -0.4 is 20.6 Å². The van der Waals surface area contributed by atoms with E-state index in [1.807, 2.05) is 30.3 Å². The number of hydrogen-bond donors (Lipinski definition) is 2. The molecule has 3 N–H and O–H groups in total. The number of aryl methyl sites for hydroxylation is 1. The van der Waals surface area contributed by atoms with Crippen molar-refractivity contribution < 1.29 is 9.47 Å². The van der Waals surface area contributed by atoms with Gasteiger partial charge < -0.3 is 15.2 Å². The molecule has 0 aliphatic heterocycles. The molecule has 0 unspecified atom stereocenters. The van der Waals surface area contributed by atoms with E-state index in [4.69, 9.17) is 15.2 Å². The molecule has 0 saturated carbocycles. The topological polar surface area (TPSA) is 81.8 Å². The first-order chi connectivity index (χ1) is 12.7. The predicted molar refractivity (Wildman–Crippen MR) is 106 cm³/mol. The lowest BCUT2D eigenvalue weighted by Gasteiger charge is -2.13. The number of methoxy groups -OCH3 is 1. The monoisotopic (exact) mass is 368 g/mol. The summed E-state index contributed by atoms with van der Waals surface area (Å²) < 4.78 is 11.5. The van der Waals surface area contributed by atoms with Gasteiger partial charge in [0.25, 0.3) is 0 Å². The van der Waals surface area contributed by atoms with Crippen molar-refractivity contribution in [2.24, 2.45) is 5.10 Å². The highest BCUT2D eigenvalue weighted by Gasteiger charge is 2.10. The zero-order valence-corrected chi connectivity index (χ0v) is 15.4. The maximum Gasteiger partial charge on any atom is 0.205 e. The Labute approximate surface area is 156 Å². The van der Waals surface area contributed by atoms with Crippen molar-refractivity contribution in [1.29, 1.82) is 0 Å². The molecular weight excluding hydrogens is 348 g/mol. The first-order valence-electron chi connectivity index (χ1n) is 8.01. The van der Waals surface area contributed by atoms with Gasteiger partial charge in [0.1, 0.15) is 12.4 Å². The number of hydrazone groups is 1. The Kier molecular flexibility index (Phi) is 5.70. The third kappa shape index (κ3) is 4.52. The molecule has 3 aromatic rings. The second-order valence-electron chi connectivity index (χ2n) is 5.60. The lowest BCUT2D eigenvalue weighted by atomic mass is 10.1. The van der Waals surface area contributed by atoms with Gasteiger partial charge in [-0.3, -0.25) is 5.43 Å². The van der Waals surface area contributed by atoms with E-state index in [0.717, 1.165) is 11.1 Å². The van der Waals surface area contributed by atoms with E-state index in [-0.39, 0.29) is 0 Å². The molecule has 0 bridgehead atoms. The van der Waals surface area contributed by atoms with E-state index in [1.165, 1.54) is 16.9 Å². The van der Waals surface area contributed by atoms with Crippen molar-refractivity contribution >= 4 is 28.5 Å². The SMILES string of the molecule is COc1cccc(C=NNc2nc(N)cs2)c1OCc1cccc(C)c1. The number of ether oxygens (including phenoxy) is 2. The molecule has 0 fully saturated rings. The van der Waals surface area contributed by atoms with Crippen molar-refractivity contribution in [3.8, 4) is 11.5 Å². The van der Waals surface area contributed by atoms with Crippen LogP contribution in [0.3, 0.4) is 0 Å². The average Bonchev–Trinajstić information content (AvgIpc) is 3.05. The van der Waals surface area contributed by atoms with E-state index in [2.05, 4.69) is 34.6 Å². The fourth-order valence-corrected chi connectivity index (χ4v) is 2.95. The summed E-state index contributed by atoms with van der Waals surface area (Å²) in [5, 5.41) is 6.59. The smallest absolute Gasteiger partial charge is 0.205 e. The molecule has 0 atom stereocenters. The molecule has 6 nitrogen and oxygen atoms in total. The molecule has 1 heterocycles. The summed E-state index contributed by atoms with van der Waals surface area (Å²) in [4.78, 5) is 4.10. The molecule has 3 rings (SSSR count). The van der Waals surface area contributed by atoms with Crippen molar-refractivity contribution in [2.75, 3.05) is 18.3 Å². The number of thiazole rings is 1. The first-order valence-corrected chi connectivity index (χ1v) is 8.89. The van der Waals surface area contributed by atoms with Crippen LogP contribution in [0.5, 0.6) is 11.5 Å². The van der Waals surface area contributed by atoms with Crippen LogP contribution in [0.15, 0.2) is 52.9 Å². The second-order valence-corrected chi connectivity index (χ2v) is 6.46. The number of benzene rings is 2. The summed E-state index contributed by atoms with van der Waals surface area (Å²) >= 11 is 1.39. The van der Waals surface area contributed by atoms with Gasteiger partial charge in [-0.2, -0.15) is 5.10 Å². The number of nitrogen functional groups attached to an aromatic ring is 1. The summed E-state index contributed by atoms with van der Waals surface area (Å²) in [6.07, 6.45) is 1.67. The van der Waals surface area contributed by atoms with Crippen LogP contribution in [0.2, 0.25) is 0 Å². The number of rotatable bonds is 7. The molecule has 0 aliphatic carbocycles. The van der Waals surface area contributed by atoms with Gasteiger partial charge in [-0.1, -0.05) is 35.9 Å². The minimum atomic E-state index is 0.444. The second kappa shape index (κ2) is 8.35. The van der Waals surface area contributed by atoms with Crippen LogP contribution in [0.4, 0.5) is 10.9 Å². The van der Waals surface area contributed by atoms with Gasteiger partial charge in [0.15, 0.2) is 11.5 Å². The summed E-state index contributed by atoms with van der Waals surface area (Å²) in [7, 11) is 1.62. The van der Waals surface area contributed by atoms with Gasteiger partial charge in [0, 0.05) is 10.9 Å². The van der Waals surface area contributed by atoms with Crippen molar-refractivity contribution in [2.45, 2.75) is 13.5 Å². The molecule has 0 amide bonds. The highest BCUT2D eigenvalue weighted by atomic mass is 32.1. The van der Waals surface area contributed by atoms with E-state index >= 15 is 0 Å². The lowest BCUT2D eigenvalue weighted by Crippen LogP contribution is -2.01. The molecule has 7 heteroatoms. The molecule has 134 valence electrons. The Hall–Kier alpha value is -3.06. The lowest BCUT2D eigenvalue weighted by molar-refractivity contribution is 0.284. The van der Waals surface area contributed by atoms with Crippen LogP contribution in [-0.2, 0) is 6.61 Å². The summed E-state index contributed by atoms with van der Waals surface area (Å²) in [5.41, 5.74) is 11.5.